The minimum Gasteiger partial charge on any atom is -0.245 e. The minimum atomic E-state index is 0.833. The number of fused-ring (bicyclic) bond motifs is 4. The Kier molecular flexibility index (Phi) is 7.77. The Morgan fingerprint density at radius 1 is 0.278 bits per heavy atom. The number of aromatic nitrogens is 4. The molecule has 0 fully saturated rings. The molecule has 0 amide bonds. The lowest BCUT2D eigenvalue weighted by atomic mass is 9.94. The van der Waals surface area contributed by atoms with Gasteiger partial charge in [0, 0.05) is 38.6 Å². The van der Waals surface area contributed by atoms with E-state index >= 15 is 0 Å². The predicted octanol–water partition coefficient (Wildman–Crippen LogP) is 12.7. The number of pyridine rings is 2. The highest BCUT2D eigenvalue weighted by Gasteiger charge is 2.19. The first-order valence-electron chi connectivity index (χ1n) is 18.1. The van der Waals surface area contributed by atoms with Crippen molar-refractivity contribution in [3.63, 3.8) is 0 Å². The van der Waals surface area contributed by atoms with Crippen molar-refractivity contribution in [3.8, 4) is 67.3 Å². The molecule has 7 aromatic carbocycles. The Labute approximate surface area is 313 Å². The summed E-state index contributed by atoms with van der Waals surface area (Å²) in [5, 5.41) is 2.01. The fourth-order valence-corrected chi connectivity index (χ4v) is 7.40. The van der Waals surface area contributed by atoms with Crippen LogP contribution in [0.4, 0.5) is 0 Å². The summed E-state index contributed by atoms with van der Waals surface area (Å²) in [5.41, 5.74) is 15.4. The van der Waals surface area contributed by atoms with Gasteiger partial charge in [-0.1, -0.05) is 158 Å². The highest BCUT2D eigenvalue weighted by molar-refractivity contribution is 6.13. The van der Waals surface area contributed by atoms with Gasteiger partial charge in [0.05, 0.1) is 44.8 Å². The van der Waals surface area contributed by atoms with Crippen LogP contribution in [0.25, 0.3) is 100 Å². The lowest BCUT2D eigenvalue weighted by Crippen LogP contribution is -1.98. The molecule has 0 spiro atoms. The lowest BCUT2D eigenvalue weighted by Gasteiger charge is -2.16. The summed E-state index contributed by atoms with van der Waals surface area (Å²) < 4.78 is 0. The molecule has 0 unspecified atom stereocenters. The normalized spacial score (nSPS) is 11.3. The molecule has 3 aromatic heterocycles. The molecule has 54 heavy (non-hydrogen) atoms. The van der Waals surface area contributed by atoms with Gasteiger partial charge in [0.2, 0.25) is 0 Å². The van der Waals surface area contributed by atoms with Crippen LogP contribution in [-0.2, 0) is 0 Å². The van der Waals surface area contributed by atoms with Gasteiger partial charge >= 0.3 is 0 Å². The molecule has 0 aliphatic rings. The van der Waals surface area contributed by atoms with Crippen LogP contribution in [0.2, 0.25) is 0 Å². The van der Waals surface area contributed by atoms with E-state index in [1.807, 2.05) is 60.7 Å². The second-order valence-electron chi connectivity index (χ2n) is 13.4. The number of hydrogen-bond donors (Lipinski definition) is 0. The molecule has 10 rings (SSSR count). The standard InChI is InChI=1S/C50H32N4/c1-5-15-33(16-6-1)37-23-13-24-38(31-37)44-30-28-41-42(32-39-27-29-43(34-17-7-2-8-18-34)51-48(39)50(41)52-44)40-25-14-26-45-49(40)54-47(36-21-11-4-12-22-36)46(53-45)35-19-9-3-10-20-35/h1-32H. The summed E-state index contributed by atoms with van der Waals surface area (Å²) in [5.74, 6) is 0. The van der Waals surface area contributed by atoms with E-state index in [1.165, 1.54) is 5.56 Å². The van der Waals surface area contributed by atoms with Crippen molar-refractivity contribution in [2.45, 2.75) is 0 Å². The van der Waals surface area contributed by atoms with Gasteiger partial charge in [0.1, 0.15) is 0 Å². The third-order valence-electron chi connectivity index (χ3n) is 10.1. The fraction of sp³-hybridized carbons (Fsp3) is 0. The van der Waals surface area contributed by atoms with E-state index in [4.69, 9.17) is 19.9 Å². The molecule has 3 heterocycles. The average molecular weight is 689 g/mol. The topological polar surface area (TPSA) is 51.6 Å². The number of nitrogens with zero attached hydrogens (tertiary/aromatic N) is 4. The van der Waals surface area contributed by atoms with E-state index in [0.717, 1.165) is 94.6 Å². The Balaban J connectivity index is 1.22. The second-order valence-corrected chi connectivity index (χ2v) is 13.4. The smallest absolute Gasteiger partial charge is 0.0978 e. The van der Waals surface area contributed by atoms with E-state index in [2.05, 4.69) is 133 Å². The molecule has 0 bridgehead atoms. The zero-order valence-corrected chi connectivity index (χ0v) is 29.3. The Bertz CT molecular complexity index is 2960. The van der Waals surface area contributed by atoms with Gasteiger partial charge in [-0.25, -0.2) is 19.9 Å². The van der Waals surface area contributed by atoms with Crippen molar-refractivity contribution >= 4 is 32.8 Å². The average Bonchev–Trinajstić information content (AvgIpc) is 3.26. The van der Waals surface area contributed by atoms with E-state index < -0.39 is 0 Å². The molecule has 0 aliphatic carbocycles. The number of rotatable bonds is 6. The van der Waals surface area contributed by atoms with Crippen molar-refractivity contribution in [1.29, 1.82) is 0 Å². The van der Waals surface area contributed by atoms with Crippen LogP contribution in [0.3, 0.4) is 0 Å². The quantitative estimate of drug-likeness (QED) is 0.163. The van der Waals surface area contributed by atoms with Gasteiger partial charge in [0.15, 0.2) is 0 Å². The van der Waals surface area contributed by atoms with Crippen LogP contribution in [-0.4, -0.2) is 19.9 Å². The molecule has 0 aliphatic heterocycles. The molecule has 252 valence electrons. The van der Waals surface area contributed by atoms with Crippen LogP contribution < -0.4 is 0 Å². The summed E-state index contributed by atoms with van der Waals surface area (Å²) >= 11 is 0. The van der Waals surface area contributed by atoms with Gasteiger partial charge in [-0.3, -0.25) is 0 Å². The lowest BCUT2D eigenvalue weighted by molar-refractivity contribution is 1.29. The number of hydrogen-bond acceptors (Lipinski definition) is 4. The van der Waals surface area contributed by atoms with Crippen LogP contribution >= 0.6 is 0 Å². The van der Waals surface area contributed by atoms with E-state index in [-0.39, 0.29) is 0 Å². The van der Waals surface area contributed by atoms with E-state index in [1.54, 1.807) is 0 Å². The summed E-state index contributed by atoms with van der Waals surface area (Å²) in [7, 11) is 0. The zero-order chi connectivity index (χ0) is 35.8. The minimum absolute atomic E-state index is 0.833. The zero-order valence-electron chi connectivity index (χ0n) is 29.3. The summed E-state index contributed by atoms with van der Waals surface area (Å²) in [6.45, 7) is 0. The molecule has 0 saturated heterocycles. The molecular formula is C50H32N4. The third kappa shape index (κ3) is 5.67. The molecule has 0 saturated carbocycles. The first-order chi connectivity index (χ1) is 26.8. The second kappa shape index (κ2) is 13.4. The van der Waals surface area contributed by atoms with Crippen LogP contribution in [0.15, 0.2) is 194 Å². The highest BCUT2D eigenvalue weighted by atomic mass is 14.8. The van der Waals surface area contributed by atoms with Crippen molar-refractivity contribution in [1.82, 2.24) is 19.9 Å². The Morgan fingerprint density at radius 3 is 1.52 bits per heavy atom. The first-order valence-corrected chi connectivity index (χ1v) is 18.1. The molecule has 0 N–H and O–H groups in total. The van der Waals surface area contributed by atoms with Gasteiger partial charge in [-0.2, -0.15) is 0 Å². The van der Waals surface area contributed by atoms with Crippen LogP contribution in [0.5, 0.6) is 0 Å². The molecule has 0 atom stereocenters. The van der Waals surface area contributed by atoms with Crippen LogP contribution in [0.1, 0.15) is 0 Å². The van der Waals surface area contributed by atoms with Gasteiger partial charge in [0.25, 0.3) is 0 Å². The first kappa shape index (κ1) is 31.4. The van der Waals surface area contributed by atoms with Crippen LogP contribution in [0, 0.1) is 0 Å². The number of benzene rings is 7. The highest BCUT2D eigenvalue weighted by Crippen LogP contribution is 2.40. The summed E-state index contributed by atoms with van der Waals surface area (Å²) in [4.78, 5) is 21.4. The summed E-state index contributed by atoms with van der Waals surface area (Å²) in [6.07, 6.45) is 0. The molecule has 4 heteroatoms. The van der Waals surface area contributed by atoms with Gasteiger partial charge < -0.3 is 0 Å². The van der Waals surface area contributed by atoms with Crippen molar-refractivity contribution < 1.29 is 0 Å². The maximum Gasteiger partial charge on any atom is 0.0978 e. The molecular weight excluding hydrogens is 657 g/mol. The summed E-state index contributed by atoms with van der Waals surface area (Å²) in [6, 6.07) is 67.1. The maximum absolute atomic E-state index is 5.44. The van der Waals surface area contributed by atoms with Gasteiger partial charge in [-0.15, -0.1) is 0 Å². The molecule has 4 nitrogen and oxygen atoms in total. The largest absolute Gasteiger partial charge is 0.245 e. The van der Waals surface area contributed by atoms with Crippen molar-refractivity contribution in [2.24, 2.45) is 0 Å². The number of para-hydroxylation sites is 1. The fourth-order valence-electron chi connectivity index (χ4n) is 7.40. The molecule has 10 aromatic rings. The molecule has 0 radical (unpaired) electrons. The third-order valence-corrected chi connectivity index (χ3v) is 10.1. The van der Waals surface area contributed by atoms with E-state index in [9.17, 15) is 0 Å². The Morgan fingerprint density at radius 2 is 0.815 bits per heavy atom. The van der Waals surface area contributed by atoms with Gasteiger partial charge in [-0.05, 0) is 53.1 Å². The Hall–Kier alpha value is -7.30. The predicted molar refractivity (Wildman–Crippen MR) is 223 cm³/mol. The van der Waals surface area contributed by atoms with Crippen molar-refractivity contribution in [2.75, 3.05) is 0 Å². The van der Waals surface area contributed by atoms with Crippen molar-refractivity contribution in [3.05, 3.63) is 194 Å². The maximum atomic E-state index is 5.44. The van der Waals surface area contributed by atoms with E-state index in [0.29, 0.717) is 0 Å². The SMILES string of the molecule is c1ccc(-c2cccc(-c3ccc4c(-c5cccc6nc(-c7ccccc7)c(-c7ccccc7)nc56)cc5ccc(-c6ccccc6)nc5c4n3)c2)cc1. The monoisotopic (exact) mass is 688 g/mol.